The summed E-state index contributed by atoms with van der Waals surface area (Å²) in [6.45, 7) is 0. The second-order valence-electron chi connectivity index (χ2n) is 2.70. The van der Waals surface area contributed by atoms with Crippen LogP contribution in [0.1, 0.15) is 5.56 Å². The van der Waals surface area contributed by atoms with E-state index in [2.05, 4.69) is 6.07 Å². The van der Waals surface area contributed by atoms with Gasteiger partial charge in [-0.05, 0) is 6.07 Å². The molecule has 0 aliphatic rings. The third kappa shape index (κ3) is 1.24. The fraction of sp³-hybridized carbons (Fsp3) is 0.100. The summed E-state index contributed by atoms with van der Waals surface area (Å²) in [4.78, 5) is 0. The molecule has 1 aromatic carbocycles. The number of hydrogen-bond acceptors (Lipinski definition) is 3. The lowest BCUT2D eigenvalue weighted by Gasteiger charge is -1.92. The van der Waals surface area contributed by atoms with Crippen LogP contribution >= 0.6 is 22.9 Å². The summed E-state index contributed by atoms with van der Waals surface area (Å²) in [6, 6.07) is 7.63. The highest BCUT2D eigenvalue weighted by Gasteiger charge is 2.13. The van der Waals surface area contributed by atoms with Crippen molar-refractivity contribution in [3.05, 3.63) is 28.8 Å². The summed E-state index contributed by atoms with van der Waals surface area (Å²) in [5.41, 5.74) is 0.565. The number of methoxy groups -OCH3 is 1. The lowest BCUT2D eigenvalue weighted by atomic mass is 10.2. The van der Waals surface area contributed by atoms with Crippen LogP contribution in [0.4, 0.5) is 0 Å². The summed E-state index contributed by atoms with van der Waals surface area (Å²) >= 11 is 7.40. The van der Waals surface area contributed by atoms with Gasteiger partial charge in [-0.25, -0.2) is 0 Å². The van der Waals surface area contributed by atoms with Gasteiger partial charge >= 0.3 is 0 Å². The molecule has 4 heteroatoms. The Hall–Kier alpha value is -1.24. The first-order valence-corrected chi connectivity index (χ1v) is 5.12. The molecule has 2 nitrogen and oxygen atoms in total. The van der Waals surface area contributed by atoms with Gasteiger partial charge in [0.25, 0.3) is 0 Å². The zero-order chi connectivity index (χ0) is 10.1. The molecule has 0 saturated carbocycles. The molecular formula is C10H6ClNOS. The number of ether oxygens (including phenoxy) is 1. The highest BCUT2D eigenvalue weighted by atomic mass is 35.5. The van der Waals surface area contributed by atoms with E-state index in [1.807, 2.05) is 12.1 Å². The number of rotatable bonds is 1. The van der Waals surface area contributed by atoms with Gasteiger partial charge in [0.05, 0.1) is 16.8 Å². The number of benzene rings is 1. The maximum absolute atomic E-state index is 8.96. The quantitative estimate of drug-likeness (QED) is 0.742. The van der Waals surface area contributed by atoms with E-state index < -0.39 is 0 Å². The predicted octanol–water partition coefficient (Wildman–Crippen LogP) is 3.43. The van der Waals surface area contributed by atoms with Crippen molar-refractivity contribution in [3.8, 4) is 11.1 Å². The van der Waals surface area contributed by atoms with Crippen LogP contribution in [0.3, 0.4) is 0 Å². The third-order valence-corrected chi connectivity index (χ3v) is 3.56. The normalized spacial score (nSPS) is 10.1. The molecule has 0 bridgehead atoms. The summed E-state index contributed by atoms with van der Waals surface area (Å²) in [6.07, 6.45) is 0. The molecule has 1 heterocycles. The fourth-order valence-electron chi connectivity index (χ4n) is 1.31. The summed E-state index contributed by atoms with van der Waals surface area (Å²) in [7, 11) is 1.56. The van der Waals surface area contributed by atoms with Gasteiger partial charge in [0.15, 0.2) is 5.06 Å². The Balaban J connectivity index is 2.88. The van der Waals surface area contributed by atoms with Gasteiger partial charge < -0.3 is 4.74 Å². The van der Waals surface area contributed by atoms with E-state index in [9.17, 15) is 0 Å². The SMILES string of the molecule is COc1sc2c(Cl)cccc2c1C#N. The Morgan fingerprint density at radius 3 is 2.93 bits per heavy atom. The van der Waals surface area contributed by atoms with Crippen molar-refractivity contribution < 1.29 is 4.74 Å². The molecule has 0 radical (unpaired) electrons. The van der Waals surface area contributed by atoms with Gasteiger partial charge in [0.1, 0.15) is 11.6 Å². The molecule has 0 saturated heterocycles. The maximum Gasteiger partial charge on any atom is 0.192 e. The van der Waals surface area contributed by atoms with Crippen LogP contribution in [0.2, 0.25) is 5.02 Å². The summed E-state index contributed by atoms with van der Waals surface area (Å²) in [5.74, 6) is 0. The van der Waals surface area contributed by atoms with E-state index in [1.165, 1.54) is 11.3 Å². The minimum atomic E-state index is 0.565. The minimum Gasteiger partial charge on any atom is -0.486 e. The highest BCUT2D eigenvalue weighted by molar-refractivity contribution is 7.21. The molecule has 0 aliphatic carbocycles. The first-order valence-electron chi connectivity index (χ1n) is 3.93. The van der Waals surface area contributed by atoms with E-state index in [-0.39, 0.29) is 0 Å². The number of thiophene rings is 1. The summed E-state index contributed by atoms with van der Waals surface area (Å²) in [5, 5.41) is 11.1. The fourth-order valence-corrected chi connectivity index (χ4v) is 2.57. The Bertz CT molecular complexity index is 527. The zero-order valence-electron chi connectivity index (χ0n) is 7.37. The van der Waals surface area contributed by atoms with E-state index in [4.69, 9.17) is 21.6 Å². The molecule has 0 spiro atoms. The molecule has 0 N–H and O–H groups in total. The predicted molar refractivity (Wildman–Crippen MR) is 58.1 cm³/mol. The standard InChI is InChI=1S/C10H6ClNOS/c1-13-10-7(5-12)6-3-2-4-8(11)9(6)14-10/h2-4H,1H3. The number of halogens is 1. The topological polar surface area (TPSA) is 33.0 Å². The highest BCUT2D eigenvalue weighted by Crippen LogP contribution is 2.40. The van der Waals surface area contributed by atoms with Crippen LogP contribution in [-0.4, -0.2) is 7.11 Å². The van der Waals surface area contributed by atoms with Crippen molar-refractivity contribution in [3.63, 3.8) is 0 Å². The van der Waals surface area contributed by atoms with Crippen molar-refractivity contribution in [1.29, 1.82) is 5.26 Å². The van der Waals surface area contributed by atoms with Crippen molar-refractivity contribution in [2.75, 3.05) is 7.11 Å². The van der Waals surface area contributed by atoms with Gasteiger partial charge in [-0.3, -0.25) is 0 Å². The Labute approximate surface area is 90.3 Å². The minimum absolute atomic E-state index is 0.565. The number of hydrogen-bond donors (Lipinski definition) is 0. The largest absolute Gasteiger partial charge is 0.486 e. The van der Waals surface area contributed by atoms with Gasteiger partial charge in [-0.1, -0.05) is 35.1 Å². The van der Waals surface area contributed by atoms with Crippen molar-refractivity contribution in [2.45, 2.75) is 0 Å². The van der Waals surface area contributed by atoms with Crippen molar-refractivity contribution in [1.82, 2.24) is 0 Å². The molecular weight excluding hydrogens is 218 g/mol. The second-order valence-corrected chi connectivity index (χ2v) is 4.09. The van der Waals surface area contributed by atoms with E-state index in [1.54, 1.807) is 13.2 Å². The van der Waals surface area contributed by atoms with E-state index >= 15 is 0 Å². The zero-order valence-corrected chi connectivity index (χ0v) is 8.95. The Morgan fingerprint density at radius 1 is 1.50 bits per heavy atom. The molecule has 1 aromatic heterocycles. The molecule has 2 aromatic rings. The molecule has 14 heavy (non-hydrogen) atoms. The molecule has 0 aliphatic heterocycles. The van der Waals surface area contributed by atoms with Crippen molar-refractivity contribution >= 4 is 33.0 Å². The lowest BCUT2D eigenvalue weighted by molar-refractivity contribution is 0.426. The molecule has 0 unspecified atom stereocenters. The average Bonchev–Trinajstić information content (AvgIpc) is 2.57. The van der Waals surface area contributed by atoms with Crippen LogP contribution in [0.5, 0.6) is 5.06 Å². The van der Waals surface area contributed by atoms with Gasteiger partial charge in [-0.15, -0.1) is 0 Å². The smallest absolute Gasteiger partial charge is 0.192 e. The van der Waals surface area contributed by atoms with E-state index in [0.29, 0.717) is 15.6 Å². The van der Waals surface area contributed by atoms with Gasteiger partial charge in [0.2, 0.25) is 0 Å². The molecule has 70 valence electrons. The van der Waals surface area contributed by atoms with Crippen LogP contribution in [0.15, 0.2) is 18.2 Å². The van der Waals surface area contributed by atoms with Crippen LogP contribution in [0.25, 0.3) is 10.1 Å². The molecule has 2 rings (SSSR count). The average molecular weight is 224 g/mol. The van der Waals surface area contributed by atoms with Crippen molar-refractivity contribution in [2.24, 2.45) is 0 Å². The molecule has 0 atom stereocenters. The van der Waals surface area contributed by atoms with E-state index in [0.717, 1.165) is 10.1 Å². The molecule has 0 fully saturated rings. The van der Waals surface area contributed by atoms with Gasteiger partial charge in [0, 0.05) is 5.39 Å². The number of nitrogens with zero attached hydrogens (tertiary/aromatic N) is 1. The first-order chi connectivity index (χ1) is 6.77. The monoisotopic (exact) mass is 223 g/mol. The molecule has 0 amide bonds. The van der Waals surface area contributed by atoms with Gasteiger partial charge in [-0.2, -0.15) is 5.26 Å². The van der Waals surface area contributed by atoms with Crippen LogP contribution in [0, 0.1) is 11.3 Å². The third-order valence-electron chi connectivity index (χ3n) is 1.93. The first kappa shape index (κ1) is 9.32. The van der Waals surface area contributed by atoms with Crippen LogP contribution < -0.4 is 4.74 Å². The number of nitriles is 1. The summed E-state index contributed by atoms with van der Waals surface area (Å²) < 4.78 is 6.02. The Morgan fingerprint density at radius 2 is 2.29 bits per heavy atom. The maximum atomic E-state index is 8.96. The second kappa shape index (κ2) is 3.49. The number of fused-ring (bicyclic) bond motifs is 1. The Kier molecular flexibility index (Phi) is 2.32. The van der Waals surface area contributed by atoms with Crippen LogP contribution in [-0.2, 0) is 0 Å². The lowest BCUT2D eigenvalue weighted by Crippen LogP contribution is -1.80.